The fourth-order valence-electron chi connectivity index (χ4n) is 0.558. The molecule has 5 nitrogen and oxygen atoms in total. The van der Waals surface area contributed by atoms with E-state index in [1.807, 2.05) is 41.5 Å². The van der Waals surface area contributed by atoms with Crippen molar-refractivity contribution < 1.29 is 14.7 Å². The molecule has 0 spiro atoms. The molecular formula is C12H24N2O3. The van der Waals surface area contributed by atoms with Crippen molar-refractivity contribution in [2.45, 2.75) is 52.6 Å². The van der Waals surface area contributed by atoms with Crippen LogP contribution < -0.4 is 11.1 Å². The molecule has 0 saturated carbocycles. The third kappa shape index (κ3) is 31.3. The van der Waals surface area contributed by atoms with E-state index in [9.17, 15) is 9.59 Å². The Labute approximate surface area is 103 Å². The fourth-order valence-corrected chi connectivity index (χ4v) is 0.558. The van der Waals surface area contributed by atoms with Crippen molar-refractivity contribution in [3.63, 3.8) is 0 Å². The van der Waals surface area contributed by atoms with Gasteiger partial charge < -0.3 is 16.2 Å². The maximum absolute atomic E-state index is 10.9. The Balaban J connectivity index is 0. The van der Waals surface area contributed by atoms with Crippen LogP contribution in [0.3, 0.4) is 0 Å². The zero-order chi connectivity index (χ0) is 14.3. The van der Waals surface area contributed by atoms with E-state index < -0.39 is 11.9 Å². The molecular weight excluding hydrogens is 220 g/mol. The minimum absolute atomic E-state index is 0. The highest BCUT2D eigenvalue weighted by molar-refractivity contribution is 5.94. The third-order valence-electron chi connectivity index (χ3n) is 0.875. The van der Waals surface area contributed by atoms with Gasteiger partial charge in [0.15, 0.2) is 0 Å². The van der Waals surface area contributed by atoms with Crippen molar-refractivity contribution in [3.8, 4) is 0 Å². The molecule has 0 rings (SSSR count). The van der Waals surface area contributed by atoms with E-state index in [-0.39, 0.29) is 11.1 Å². The first-order valence-electron chi connectivity index (χ1n) is 5.33. The average Bonchev–Trinajstić information content (AvgIpc) is 1.93. The number of carbonyl (C=O) groups is 2. The molecule has 5 heteroatoms. The second-order valence-electron chi connectivity index (χ2n) is 5.78. The number of aliphatic carboxylic acids is 1. The highest BCUT2D eigenvalue weighted by atomic mass is 16.4. The summed E-state index contributed by atoms with van der Waals surface area (Å²) >= 11 is 0. The summed E-state index contributed by atoms with van der Waals surface area (Å²) in [7, 11) is 0. The molecule has 4 N–H and O–H groups in total. The van der Waals surface area contributed by atoms with Crippen LogP contribution in [0.4, 0.5) is 0 Å². The minimum atomic E-state index is -1.13. The summed E-state index contributed by atoms with van der Waals surface area (Å²) in [6.45, 7) is 11.4. The van der Waals surface area contributed by atoms with Crippen LogP contribution in [0, 0.1) is 0 Å². The predicted octanol–water partition coefficient (Wildman–Crippen LogP) is 1.29. The maximum atomic E-state index is 10.9. The Hall–Kier alpha value is -1.36. The van der Waals surface area contributed by atoms with Gasteiger partial charge in [-0.2, -0.15) is 0 Å². The predicted molar refractivity (Wildman–Crippen MR) is 68.6 cm³/mol. The van der Waals surface area contributed by atoms with E-state index in [2.05, 4.69) is 5.32 Å². The lowest BCUT2D eigenvalue weighted by Crippen LogP contribution is -2.39. The number of hydrogen-bond acceptors (Lipinski definition) is 3. The van der Waals surface area contributed by atoms with E-state index in [0.717, 1.165) is 12.2 Å². The average molecular weight is 244 g/mol. The quantitative estimate of drug-likeness (QED) is 0.638. The van der Waals surface area contributed by atoms with E-state index in [1.54, 1.807) is 0 Å². The molecule has 0 aliphatic heterocycles. The molecule has 0 heterocycles. The molecule has 0 aromatic rings. The Morgan fingerprint density at radius 3 is 1.65 bits per heavy atom. The summed E-state index contributed by atoms with van der Waals surface area (Å²) in [6.07, 6.45) is 1.80. The topological polar surface area (TPSA) is 92.4 Å². The molecule has 0 bridgehead atoms. The fraction of sp³-hybridized carbons (Fsp3) is 0.667. The van der Waals surface area contributed by atoms with Crippen LogP contribution in [-0.2, 0) is 9.59 Å². The largest absolute Gasteiger partial charge is 0.478 e. The summed E-state index contributed by atoms with van der Waals surface area (Å²) in [5.41, 5.74) is 5.02. The summed E-state index contributed by atoms with van der Waals surface area (Å²) in [5, 5.41) is 10.8. The van der Waals surface area contributed by atoms with Crippen LogP contribution in [0.15, 0.2) is 12.2 Å². The molecule has 0 fully saturated rings. The lowest BCUT2D eigenvalue weighted by atomic mass is 10.1. The second kappa shape index (κ2) is 7.06. The smallest absolute Gasteiger partial charge is 0.328 e. The second-order valence-corrected chi connectivity index (χ2v) is 5.78. The highest BCUT2D eigenvalue weighted by Gasteiger charge is 2.11. The molecule has 17 heavy (non-hydrogen) atoms. The normalized spacial score (nSPS) is 11.7. The first-order valence-corrected chi connectivity index (χ1v) is 5.33. The number of amides is 1. The van der Waals surface area contributed by atoms with Crippen LogP contribution in [0.25, 0.3) is 0 Å². The van der Waals surface area contributed by atoms with Crippen LogP contribution in [0.5, 0.6) is 0 Å². The molecule has 0 saturated heterocycles. The van der Waals surface area contributed by atoms with Crippen LogP contribution in [-0.4, -0.2) is 28.1 Å². The molecule has 1 amide bonds. The van der Waals surface area contributed by atoms with Crippen LogP contribution in [0.2, 0.25) is 0 Å². The zero-order valence-electron chi connectivity index (χ0n) is 11.5. The number of rotatable bonds is 2. The van der Waals surface area contributed by atoms with Crippen LogP contribution >= 0.6 is 0 Å². The van der Waals surface area contributed by atoms with Crippen molar-refractivity contribution in [2.75, 3.05) is 0 Å². The van der Waals surface area contributed by atoms with Gasteiger partial charge in [0, 0.05) is 23.2 Å². The Morgan fingerprint density at radius 2 is 1.41 bits per heavy atom. The molecule has 0 unspecified atom stereocenters. The number of hydrogen-bond donors (Lipinski definition) is 3. The lowest BCUT2D eigenvalue weighted by Gasteiger charge is -2.18. The van der Waals surface area contributed by atoms with Gasteiger partial charge in [-0.05, 0) is 41.5 Å². The lowest BCUT2D eigenvalue weighted by molar-refractivity contribution is -0.131. The van der Waals surface area contributed by atoms with E-state index in [4.69, 9.17) is 10.8 Å². The van der Waals surface area contributed by atoms with E-state index in [1.165, 1.54) is 0 Å². The summed E-state index contributed by atoms with van der Waals surface area (Å²) in [6, 6.07) is 0. The molecule has 100 valence electrons. The van der Waals surface area contributed by atoms with Crippen molar-refractivity contribution in [3.05, 3.63) is 12.2 Å². The van der Waals surface area contributed by atoms with Gasteiger partial charge in [0.2, 0.25) is 5.91 Å². The number of carbonyl (C=O) groups excluding carboxylic acids is 1. The monoisotopic (exact) mass is 244 g/mol. The van der Waals surface area contributed by atoms with Gasteiger partial charge >= 0.3 is 5.97 Å². The summed E-state index contributed by atoms with van der Waals surface area (Å²) in [5.74, 6) is -1.52. The Kier molecular flexibility index (Phi) is 7.48. The molecule has 0 radical (unpaired) electrons. The van der Waals surface area contributed by atoms with Crippen molar-refractivity contribution in [2.24, 2.45) is 5.73 Å². The van der Waals surface area contributed by atoms with Crippen molar-refractivity contribution in [1.82, 2.24) is 5.32 Å². The molecule has 0 aliphatic rings. The SMILES string of the molecule is CC(C)(C)N.CC(C)(C)NC(=O)/C=C\C(=O)O. The standard InChI is InChI=1S/C8H13NO3.C4H11N/c1-8(2,3)9-6(10)4-5-7(11)12;1-4(2,3)5/h4-5H,1-3H3,(H,9,10)(H,11,12);5H2,1-3H3/b5-4-;. The zero-order valence-corrected chi connectivity index (χ0v) is 11.5. The number of nitrogens with two attached hydrogens (primary N) is 1. The van der Waals surface area contributed by atoms with Crippen LogP contribution in [0.1, 0.15) is 41.5 Å². The number of nitrogens with one attached hydrogen (secondary N) is 1. The number of carboxylic acids is 1. The summed E-state index contributed by atoms with van der Waals surface area (Å²) in [4.78, 5) is 20.9. The van der Waals surface area contributed by atoms with Gasteiger partial charge in [0.25, 0.3) is 0 Å². The van der Waals surface area contributed by atoms with E-state index in [0.29, 0.717) is 0 Å². The van der Waals surface area contributed by atoms with Gasteiger partial charge in [0.05, 0.1) is 0 Å². The van der Waals surface area contributed by atoms with Gasteiger partial charge in [-0.15, -0.1) is 0 Å². The maximum Gasteiger partial charge on any atom is 0.328 e. The number of carboxylic acid groups (broad SMARTS) is 1. The first-order chi connectivity index (χ1) is 7.31. The van der Waals surface area contributed by atoms with Crippen molar-refractivity contribution in [1.29, 1.82) is 0 Å². The highest BCUT2D eigenvalue weighted by Crippen LogP contribution is 1.97. The Morgan fingerprint density at radius 1 is 1.06 bits per heavy atom. The summed E-state index contributed by atoms with van der Waals surface area (Å²) < 4.78 is 0. The van der Waals surface area contributed by atoms with E-state index >= 15 is 0 Å². The molecule has 0 aromatic carbocycles. The van der Waals surface area contributed by atoms with Gasteiger partial charge in [-0.3, -0.25) is 4.79 Å². The van der Waals surface area contributed by atoms with Gasteiger partial charge in [0.1, 0.15) is 0 Å². The molecule has 0 atom stereocenters. The minimum Gasteiger partial charge on any atom is -0.478 e. The third-order valence-corrected chi connectivity index (χ3v) is 0.875. The molecule has 0 aromatic heterocycles. The molecule has 0 aliphatic carbocycles. The van der Waals surface area contributed by atoms with Crippen molar-refractivity contribution >= 4 is 11.9 Å². The van der Waals surface area contributed by atoms with Gasteiger partial charge in [-0.1, -0.05) is 0 Å². The Bertz CT molecular complexity index is 277. The first kappa shape index (κ1) is 18.0. The van der Waals surface area contributed by atoms with Gasteiger partial charge in [-0.25, -0.2) is 4.79 Å².